The van der Waals surface area contributed by atoms with E-state index >= 15 is 0 Å². The molecule has 1 amide bonds. The van der Waals surface area contributed by atoms with Crippen LogP contribution in [0.15, 0.2) is 0 Å². The lowest BCUT2D eigenvalue weighted by Gasteiger charge is -2.33. The number of rotatable bonds is 4. The van der Waals surface area contributed by atoms with E-state index in [9.17, 15) is 4.79 Å². The number of hydrogen-bond donors (Lipinski definition) is 1. The Balaban J connectivity index is 1.81. The van der Waals surface area contributed by atoms with Crippen LogP contribution >= 0.6 is 0 Å². The van der Waals surface area contributed by atoms with E-state index in [1.807, 2.05) is 0 Å². The quantitative estimate of drug-likeness (QED) is 0.809. The van der Waals surface area contributed by atoms with Gasteiger partial charge in [-0.2, -0.15) is 0 Å². The average Bonchev–Trinajstić information content (AvgIpc) is 2.90. The highest BCUT2D eigenvalue weighted by Crippen LogP contribution is 2.17. The maximum atomic E-state index is 12.3. The summed E-state index contributed by atoms with van der Waals surface area (Å²) in [5, 5.41) is 3.38. The minimum Gasteiger partial charge on any atom is -0.342 e. The Bertz CT molecular complexity index is 268. The fraction of sp³-hybridized carbons (Fsp3) is 0.929. The molecule has 0 saturated carbocycles. The number of hydrogen-bond acceptors (Lipinski definition) is 3. The molecule has 18 heavy (non-hydrogen) atoms. The smallest absolute Gasteiger partial charge is 0.236 e. The van der Waals surface area contributed by atoms with Crippen LogP contribution in [-0.4, -0.2) is 61.0 Å². The fourth-order valence-corrected chi connectivity index (χ4v) is 2.98. The van der Waals surface area contributed by atoms with Crippen molar-refractivity contribution < 1.29 is 4.79 Å². The van der Waals surface area contributed by atoms with Crippen molar-refractivity contribution in [2.45, 2.75) is 39.2 Å². The first-order chi connectivity index (χ1) is 8.70. The summed E-state index contributed by atoms with van der Waals surface area (Å²) in [4.78, 5) is 16.7. The molecule has 2 saturated heterocycles. The van der Waals surface area contributed by atoms with Gasteiger partial charge in [0.1, 0.15) is 0 Å². The topological polar surface area (TPSA) is 35.6 Å². The lowest BCUT2D eigenvalue weighted by atomic mass is 9.99. The third kappa shape index (κ3) is 3.45. The Morgan fingerprint density at radius 3 is 2.61 bits per heavy atom. The highest BCUT2D eigenvalue weighted by molar-refractivity contribution is 5.78. The molecule has 2 fully saturated rings. The van der Waals surface area contributed by atoms with E-state index in [-0.39, 0.29) is 0 Å². The number of carbonyl (C=O) groups excluding carboxylic acids is 1. The number of likely N-dealkylation sites (tertiary alicyclic amines) is 1. The molecule has 0 spiro atoms. The molecule has 4 heteroatoms. The second kappa shape index (κ2) is 6.53. The third-order valence-corrected chi connectivity index (χ3v) is 4.43. The van der Waals surface area contributed by atoms with Gasteiger partial charge in [-0.1, -0.05) is 13.8 Å². The van der Waals surface area contributed by atoms with Crippen LogP contribution in [-0.2, 0) is 4.79 Å². The van der Waals surface area contributed by atoms with E-state index in [0.717, 1.165) is 38.6 Å². The molecule has 104 valence electrons. The van der Waals surface area contributed by atoms with Crippen molar-refractivity contribution in [3.63, 3.8) is 0 Å². The standard InChI is InChI=1S/C14H27N3O/c1-3-16(13-4-7-15-10-13)11-14(18)17-8-5-12(2)6-9-17/h12-13,15H,3-11H2,1-2H3. The van der Waals surface area contributed by atoms with E-state index < -0.39 is 0 Å². The summed E-state index contributed by atoms with van der Waals surface area (Å²) in [5.41, 5.74) is 0. The first-order valence-electron chi connectivity index (χ1n) is 7.43. The summed E-state index contributed by atoms with van der Waals surface area (Å²) in [6.45, 7) is 10.1. The van der Waals surface area contributed by atoms with Crippen LogP contribution in [0.4, 0.5) is 0 Å². The molecule has 2 heterocycles. The zero-order valence-electron chi connectivity index (χ0n) is 11.8. The minimum absolute atomic E-state index is 0.329. The highest BCUT2D eigenvalue weighted by atomic mass is 16.2. The predicted octanol–water partition coefficient (Wildman–Crippen LogP) is 0.929. The second-order valence-corrected chi connectivity index (χ2v) is 5.77. The number of piperidine rings is 1. The summed E-state index contributed by atoms with van der Waals surface area (Å²) >= 11 is 0. The van der Waals surface area contributed by atoms with E-state index in [1.54, 1.807) is 0 Å². The van der Waals surface area contributed by atoms with Gasteiger partial charge in [0, 0.05) is 25.7 Å². The Kier molecular flexibility index (Phi) is 5.01. The molecule has 0 aromatic heterocycles. The molecule has 2 aliphatic rings. The van der Waals surface area contributed by atoms with Gasteiger partial charge in [0.25, 0.3) is 0 Å². The third-order valence-electron chi connectivity index (χ3n) is 4.43. The number of carbonyl (C=O) groups is 1. The van der Waals surface area contributed by atoms with Crippen molar-refractivity contribution in [1.82, 2.24) is 15.1 Å². The van der Waals surface area contributed by atoms with E-state index in [2.05, 4.69) is 29.0 Å². The van der Waals surface area contributed by atoms with Gasteiger partial charge in [-0.15, -0.1) is 0 Å². The zero-order chi connectivity index (χ0) is 13.0. The molecule has 1 N–H and O–H groups in total. The van der Waals surface area contributed by atoms with E-state index in [4.69, 9.17) is 0 Å². The van der Waals surface area contributed by atoms with Crippen LogP contribution in [0, 0.1) is 5.92 Å². The predicted molar refractivity (Wildman–Crippen MR) is 73.5 cm³/mol. The maximum Gasteiger partial charge on any atom is 0.236 e. The summed E-state index contributed by atoms with van der Waals surface area (Å²) in [7, 11) is 0. The Labute approximate surface area is 111 Å². The van der Waals surface area contributed by atoms with Crippen molar-refractivity contribution in [2.75, 3.05) is 39.3 Å². The summed E-state index contributed by atoms with van der Waals surface area (Å²) in [6, 6.07) is 0.558. The fourth-order valence-electron chi connectivity index (χ4n) is 2.98. The first kappa shape index (κ1) is 13.8. The summed E-state index contributed by atoms with van der Waals surface area (Å²) in [6.07, 6.45) is 3.52. The molecule has 0 aliphatic carbocycles. The molecule has 2 aliphatic heterocycles. The van der Waals surface area contributed by atoms with Crippen molar-refractivity contribution in [2.24, 2.45) is 5.92 Å². The molecule has 1 unspecified atom stereocenters. The van der Waals surface area contributed by atoms with Crippen molar-refractivity contribution >= 4 is 5.91 Å². The van der Waals surface area contributed by atoms with Crippen LogP contribution in [0.2, 0.25) is 0 Å². The van der Waals surface area contributed by atoms with Gasteiger partial charge in [0.2, 0.25) is 5.91 Å². The molecule has 0 radical (unpaired) electrons. The largest absolute Gasteiger partial charge is 0.342 e. The lowest BCUT2D eigenvalue weighted by Crippen LogP contribution is -2.47. The van der Waals surface area contributed by atoms with Gasteiger partial charge in [-0.25, -0.2) is 0 Å². The van der Waals surface area contributed by atoms with Gasteiger partial charge in [-0.3, -0.25) is 9.69 Å². The zero-order valence-corrected chi connectivity index (χ0v) is 11.8. The number of nitrogens with one attached hydrogen (secondary N) is 1. The van der Waals surface area contributed by atoms with Crippen LogP contribution < -0.4 is 5.32 Å². The lowest BCUT2D eigenvalue weighted by molar-refractivity contribution is -0.134. The highest BCUT2D eigenvalue weighted by Gasteiger charge is 2.26. The molecule has 1 atom stereocenters. The number of amides is 1. The Hall–Kier alpha value is -0.610. The van der Waals surface area contributed by atoms with E-state index in [0.29, 0.717) is 18.5 Å². The summed E-state index contributed by atoms with van der Waals surface area (Å²) in [5.74, 6) is 1.12. The SMILES string of the molecule is CCN(CC(=O)N1CCC(C)CC1)C1CCNC1. The van der Waals surface area contributed by atoms with Crippen LogP contribution in [0.3, 0.4) is 0 Å². The Morgan fingerprint density at radius 1 is 1.33 bits per heavy atom. The normalized spacial score (nSPS) is 25.9. The minimum atomic E-state index is 0.329. The molecule has 0 aromatic rings. The van der Waals surface area contributed by atoms with Gasteiger partial charge in [0.05, 0.1) is 6.54 Å². The number of likely N-dealkylation sites (N-methyl/N-ethyl adjacent to an activating group) is 1. The number of nitrogens with zero attached hydrogens (tertiary/aromatic N) is 2. The van der Waals surface area contributed by atoms with Gasteiger partial charge < -0.3 is 10.2 Å². The molecule has 2 rings (SSSR count). The van der Waals surface area contributed by atoms with Crippen LogP contribution in [0.5, 0.6) is 0 Å². The summed E-state index contributed by atoms with van der Waals surface area (Å²) < 4.78 is 0. The molecular formula is C14H27N3O. The van der Waals surface area contributed by atoms with Gasteiger partial charge >= 0.3 is 0 Å². The molecular weight excluding hydrogens is 226 g/mol. The van der Waals surface area contributed by atoms with Gasteiger partial charge in [0.15, 0.2) is 0 Å². The van der Waals surface area contributed by atoms with Crippen molar-refractivity contribution in [3.8, 4) is 0 Å². The first-order valence-corrected chi connectivity index (χ1v) is 7.43. The van der Waals surface area contributed by atoms with Crippen LogP contribution in [0.25, 0.3) is 0 Å². The Morgan fingerprint density at radius 2 is 2.06 bits per heavy atom. The van der Waals surface area contributed by atoms with Crippen molar-refractivity contribution in [3.05, 3.63) is 0 Å². The van der Waals surface area contributed by atoms with Gasteiger partial charge in [-0.05, 0) is 38.3 Å². The van der Waals surface area contributed by atoms with E-state index in [1.165, 1.54) is 19.3 Å². The average molecular weight is 253 g/mol. The monoisotopic (exact) mass is 253 g/mol. The molecule has 4 nitrogen and oxygen atoms in total. The van der Waals surface area contributed by atoms with Crippen LogP contribution in [0.1, 0.15) is 33.1 Å². The second-order valence-electron chi connectivity index (χ2n) is 5.77. The molecule has 0 bridgehead atoms. The van der Waals surface area contributed by atoms with Crippen molar-refractivity contribution in [1.29, 1.82) is 0 Å². The maximum absolute atomic E-state index is 12.3. The molecule has 0 aromatic carbocycles.